The van der Waals surface area contributed by atoms with Crippen LogP contribution in [0.1, 0.15) is 31.4 Å². The van der Waals surface area contributed by atoms with E-state index in [-0.39, 0.29) is 12.4 Å². The Hall–Kier alpha value is -2.90. The summed E-state index contributed by atoms with van der Waals surface area (Å²) in [4.78, 5) is 35.4. The molecule has 5 nitrogen and oxygen atoms in total. The molecule has 0 N–H and O–H groups in total. The summed E-state index contributed by atoms with van der Waals surface area (Å²) in [5.41, 5.74) is 3.09. The SMILES string of the molecule is Cc1nc(C)c(-c2cc(C(=O)OCC(=O)c3ccc(Br)cc3)c3ccccc3n2)s1. The van der Waals surface area contributed by atoms with Gasteiger partial charge in [-0.25, -0.2) is 14.8 Å². The van der Waals surface area contributed by atoms with Crippen molar-refractivity contribution in [2.75, 3.05) is 6.61 Å². The molecular formula is C23H17BrN2O3S. The zero-order valence-electron chi connectivity index (χ0n) is 16.3. The number of ether oxygens (including phenoxy) is 1. The molecule has 0 aliphatic carbocycles. The first kappa shape index (κ1) is 20.4. The number of thiazole rings is 1. The van der Waals surface area contributed by atoms with E-state index >= 15 is 0 Å². The number of aromatic nitrogens is 2. The van der Waals surface area contributed by atoms with Crippen molar-refractivity contribution < 1.29 is 14.3 Å². The number of hydrogen-bond donors (Lipinski definition) is 0. The van der Waals surface area contributed by atoms with Crippen LogP contribution in [0.2, 0.25) is 0 Å². The zero-order chi connectivity index (χ0) is 21.3. The third kappa shape index (κ3) is 4.17. The fourth-order valence-electron chi connectivity index (χ4n) is 3.16. The van der Waals surface area contributed by atoms with E-state index < -0.39 is 5.97 Å². The number of fused-ring (bicyclic) bond motifs is 1. The molecule has 0 amide bonds. The largest absolute Gasteiger partial charge is 0.454 e. The first-order chi connectivity index (χ1) is 14.4. The lowest BCUT2D eigenvalue weighted by atomic mass is 10.1. The molecule has 0 aliphatic heterocycles. The van der Waals surface area contributed by atoms with E-state index in [2.05, 4.69) is 20.9 Å². The van der Waals surface area contributed by atoms with Gasteiger partial charge in [0, 0.05) is 15.4 Å². The van der Waals surface area contributed by atoms with Crippen molar-refractivity contribution in [2.45, 2.75) is 13.8 Å². The van der Waals surface area contributed by atoms with Crippen molar-refractivity contribution in [3.05, 3.63) is 80.9 Å². The highest BCUT2D eigenvalue weighted by molar-refractivity contribution is 9.10. The van der Waals surface area contributed by atoms with E-state index in [0.29, 0.717) is 27.7 Å². The fraction of sp³-hybridized carbons (Fsp3) is 0.130. The number of pyridine rings is 1. The van der Waals surface area contributed by atoms with E-state index in [0.717, 1.165) is 20.1 Å². The standard InChI is InChI=1S/C23H17BrN2O3S/c1-13-22(30-14(2)25-13)20-11-18(17-5-3-4-6-19(17)26-20)23(28)29-12-21(27)15-7-9-16(24)10-8-15/h3-11H,12H2,1-2H3. The van der Waals surface area contributed by atoms with Crippen molar-refractivity contribution in [3.8, 4) is 10.6 Å². The molecule has 2 aromatic carbocycles. The van der Waals surface area contributed by atoms with Crippen LogP contribution >= 0.6 is 27.3 Å². The Labute approximate surface area is 185 Å². The number of Topliss-reactive ketones (excluding diaryl/α,β-unsaturated/α-hetero) is 1. The highest BCUT2D eigenvalue weighted by Gasteiger charge is 2.19. The summed E-state index contributed by atoms with van der Waals surface area (Å²) in [6, 6.07) is 16.0. The molecule has 0 atom stereocenters. The highest BCUT2D eigenvalue weighted by Crippen LogP contribution is 2.31. The Balaban J connectivity index is 1.65. The van der Waals surface area contributed by atoms with E-state index in [1.807, 2.05) is 38.1 Å². The molecule has 0 spiro atoms. The van der Waals surface area contributed by atoms with Crippen LogP contribution in [-0.4, -0.2) is 28.3 Å². The number of carbonyl (C=O) groups is 2. The number of carbonyl (C=O) groups excluding carboxylic acids is 2. The lowest BCUT2D eigenvalue weighted by molar-refractivity contribution is 0.0476. The van der Waals surface area contributed by atoms with Crippen molar-refractivity contribution in [1.29, 1.82) is 0 Å². The van der Waals surface area contributed by atoms with Crippen LogP contribution in [0.15, 0.2) is 59.1 Å². The monoisotopic (exact) mass is 480 g/mol. The molecule has 4 aromatic rings. The molecule has 0 radical (unpaired) electrons. The van der Waals surface area contributed by atoms with Gasteiger partial charge in [-0.15, -0.1) is 11.3 Å². The predicted octanol–water partition coefficient (Wildman–Crippen LogP) is 5.78. The summed E-state index contributed by atoms with van der Waals surface area (Å²) >= 11 is 4.87. The van der Waals surface area contributed by atoms with Crippen LogP contribution in [0.4, 0.5) is 0 Å². The van der Waals surface area contributed by atoms with Crippen molar-refractivity contribution in [3.63, 3.8) is 0 Å². The average Bonchev–Trinajstić information content (AvgIpc) is 3.09. The molecule has 150 valence electrons. The third-order valence-corrected chi connectivity index (χ3v) is 6.20. The number of aryl methyl sites for hydroxylation is 2. The van der Waals surface area contributed by atoms with Gasteiger partial charge in [0.15, 0.2) is 12.4 Å². The van der Waals surface area contributed by atoms with Crippen molar-refractivity contribution in [1.82, 2.24) is 9.97 Å². The van der Waals surface area contributed by atoms with Gasteiger partial charge in [-0.05, 0) is 38.1 Å². The van der Waals surface area contributed by atoms with E-state index in [1.54, 1.807) is 30.3 Å². The van der Waals surface area contributed by atoms with Crippen LogP contribution in [-0.2, 0) is 4.74 Å². The summed E-state index contributed by atoms with van der Waals surface area (Å²) in [5.74, 6) is -0.817. The summed E-state index contributed by atoms with van der Waals surface area (Å²) in [5, 5.41) is 1.61. The van der Waals surface area contributed by atoms with Gasteiger partial charge in [0.25, 0.3) is 0 Å². The van der Waals surface area contributed by atoms with Gasteiger partial charge in [-0.3, -0.25) is 4.79 Å². The quantitative estimate of drug-likeness (QED) is 0.267. The molecule has 2 heterocycles. The summed E-state index contributed by atoms with van der Waals surface area (Å²) in [7, 11) is 0. The zero-order valence-corrected chi connectivity index (χ0v) is 18.7. The van der Waals surface area contributed by atoms with E-state index in [1.165, 1.54) is 11.3 Å². The van der Waals surface area contributed by atoms with Crippen LogP contribution in [0, 0.1) is 13.8 Å². The number of hydrogen-bond acceptors (Lipinski definition) is 6. The Morgan fingerprint density at radius 1 is 1.03 bits per heavy atom. The maximum absolute atomic E-state index is 12.9. The number of para-hydroxylation sites is 1. The second kappa shape index (κ2) is 8.45. The van der Waals surface area contributed by atoms with E-state index in [4.69, 9.17) is 9.72 Å². The number of nitrogens with zero attached hydrogens (tertiary/aromatic N) is 2. The van der Waals surface area contributed by atoms with Gasteiger partial charge < -0.3 is 4.74 Å². The second-order valence-electron chi connectivity index (χ2n) is 6.73. The Morgan fingerprint density at radius 2 is 1.77 bits per heavy atom. The number of ketones is 1. The van der Waals surface area contributed by atoms with Gasteiger partial charge in [0.05, 0.1) is 32.4 Å². The minimum Gasteiger partial charge on any atom is -0.454 e. The Kier molecular flexibility index (Phi) is 5.74. The molecule has 7 heteroatoms. The summed E-state index contributed by atoms with van der Waals surface area (Å²) in [6.45, 7) is 3.53. The molecular weight excluding hydrogens is 464 g/mol. The van der Waals surface area contributed by atoms with Crippen molar-refractivity contribution in [2.24, 2.45) is 0 Å². The van der Waals surface area contributed by atoms with Gasteiger partial charge in [-0.2, -0.15) is 0 Å². The number of rotatable bonds is 5. The Bertz CT molecular complexity index is 1270. The topological polar surface area (TPSA) is 69.2 Å². The summed E-state index contributed by atoms with van der Waals surface area (Å²) < 4.78 is 6.24. The third-order valence-electron chi connectivity index (χ3n) is 4.57. The van der Waals surface area contributed by atoms with Gasteiger partial charge in [0.2, 0.25) is 0 Å². The molecule has 0 unspecified atom stereocenters. The smallest absolute Gasteiger partial charge is 0.339 e. The molecule has 0 fully saturated rings. The normalized spacial score (nSPS) is 10.9. The molecule has 4 rings (SSSR count). The number of benzene rings is 2. The number of esters is 1. The molecule has 2 aromatic heterocycles. The van der Waals surface area contributed by atoms with Gasteiger partial charge >= 0.3 is 5.97 Å². The fourth-order valence-corrected chi connectivity index (χ4v) is 4.30. The van der Waals surface area contributed by atoms with Crippen LogP contribution in [0.25, 0.3) is 21.5 Å². The van der Waals surface area contributed by atoms with Gasteiger partial charge in [0.1, 0.15) is 0 Å². The molecule has 0 aliphatic rings. The first-order valence-corrected chi connectivity index (χ1v) is 10.8. The van der Waals surface area contributed by atoms with Crippen LogP contribution in [0.5, 0.6) is 0 Å². The molecule has 0 saturated heterocycles. The summed E-state index contributed by atoms with van der Waals surface area (Å²) in [6.07, 6.45) is 0. The molecule has 0 saturated carbocycles. The van der Waals surface area contributed by atoms with Crippen molar-refractivity contribution >= 4 is 49.9 Å². The first-order valence-electron chi connectivity index (χ1n) is 9.22. The van der Waals surface area contributed by atoms with E-state index in [9.17, 15) is 9.59 Å². The highest BCUT2D eigenvalue weighted by atomic mass is 79.9. The maximum Gasteiger partial charge on any atom is 0.339 e. The maximum atomic E-state index is 12.9. The number of halogens is 1. The second-order valence-corrected chi connectivity index (χ2v) is 8.84. The van der Waals surface area contributed by atoms with Crippen LogP contribution in [0.3, 0.4) is 0 Å². The minimum absolute atomic E-state index is 0.261. The predicted molar refractivity (Wildman–Crippen MR) is 121 cm³/mol. The molecule has 30 heavy (non-hydrogen) atoms. The average molecular weight is 481 g/mol. The molecule has 0 bridgehead atoms. The lowest BCUT2D eigenvalue weighted by Crippen LogP contribution is -2.15. The van der Waals surface area contributed by atoms with Crippen LogP contribution < -0.4 is 0 Å². The lowest BCUT2D eigenvalue weighted by Gasteiger charge is -2.09. The Morgan fingerprint density at radius 3 is 2.47 bits per heavy atom. The minimum atomic E-state index is -0.556. The van der Waals surface area contributed by atoms with Gasteiger partial charge in [-0.1, -0.05) is 46.3 Å².